The van der Waals surface area contributed by atoms with Crippen molar-refractivity contribution >= 4 is 5.91 Å². The number of hydrogen-bond acceptors (Lipinski definition) is 5. The Morgan fingerprint density at radius 2 is 2.00 bits per heavy atom. The van der Waals surface area contributed by atoms with Gasteiger partial charge in [0, 0.05) is 11.6 Å². The molecule has 1 aromatic heterocycles. The number of primary amides is 1. The minimum absolute atomic E-state index is 0.387. The molecule has 0 bridgehead atoms. The lowest BCUT2D eigenvalue weighted by Gasteiger charge is -2.08. The maximum absolute atomic E-state index is 11.0. The van der Waals surface area contributed by atoms with E-state index in [2.05, 4.69) is 15.5 Å². The molecule has 1 amide bonds. The fraction of sp³-hybridized carbons (Fsp3) is 0.0667. The number of tetrazole rings is 1. The Bertz CT molecular complexity index is 769. The Hall–Kier alpha value is -3.22. The number of rotatable bonds is 5. The summed E-state index contributed by atoms with van der Waals surface area (Å²) in [5, 5.41) is 11.0. The van der Waals surface area contributed by atoms with Crippen molar-refractivity contribution in [2.45, 2.75) is 6.61 Å². The van der Waals surface area contributed by atoms with E-state index in [1.54, 1.807) is 16.8 Å². The first-order valence-electron chi connectivity index (χ1n) is 6.57. The summed E-state index contributed by atoms with van der Waals surface area (Å²) < 4.78 is 7.28. The number of nitrogens with zero attached hydrogens (tertiary/aromatic N) is 4. The highest BCUT2D eigenvalue weighted by Gasteiger charge is 2.03. The molecule has 0 unspecified atom stereocenters. The third-order valence-corrected chi connectivity index (χ3v) is 3.08. The molecule has 3 rings (SSSR count). The lowest BCUT2D eigenvalue weighted by molar-refractivity contribution is 0.1000. The second-order valence-corrected chi connectivity index (χ2v) is 4.60. The summed E-state index contributed by atoms with van der Waals surface area (Å²) in [4.78, 5) is 11.0. The van der Waals surface area contributed by atoms with Gasteiger partial charge >= 0.3 is 0 Å². The molecule has 110 valence electrons. The topological polar surface area (TPSA) is 95.9 Å². The lowest BCUT2D eigenvalue weighted by Crippen LogP contribution is -2.10. The van der Waals surface area contributed by atoms with Crippen molar-refractivity contribution < 1.29 is 9.53 Å². The molecule has 0 radical (unpaired) electrons. The number of carbonyl (C=O) groups excluding carboxylic acids is 1. The van der Waals surface area contributed by atoms with Crippen LogP contribution in [0.15, 0.2) is 54.9 Å². The number of nitrogens with two attached hydrogens (primary N) is 1. The minimum atomic E-state index is -0.443. The van der Waals surface area contributed by atoms with Gasteiger partial charge in [0.05, 0.1) is 5.69 Å². The molecule has 0 atom stereocenters. The Morgan fingerprint density at radius 1 is 1.18 bits per heavy atom. The molecule has 0 fully saturated rings. The maximum Gasteiger partial charge on any atom is 0.248 e. The monoisotopic (exact) mass is 295 g/mol. The highest BCUT2D eigenvalue weighted by atomic mass is 16.5. The van der Waals surface area contributed by atoms with E-state index in [-0.39, 0.29) is 0 Å². The standard InChI is InChI=1S/C15H13N5O2/c16-15(21)12-6-4-11(5-7-12)9-22-14-3-1-2-13(8-14)20-10-17-18-19-20/h1-8,10H,9H2,(H2,16,21). The van der Waals surface area contributed by atoms with Crippen molar-refractivity contribution in [3.05, 3.63) is 66.0 Å². The zero-order valence-electron chi connectivity index (χ0n) is 11.6. The van der Waals surface area contributed by atoms with Crippen LogP contribution in [0.1, 0.15) is 15.9 Å². The average Bonchev–Trinajstić information content (AvgIpc) is 3.08. The smallest absolute Gasteiger partial charge is 0.248 e. The van der Waals surface area contributed by atoms with E-state index in [9.17, 15) is 4.79 Å². The molecule has 0 saturated carbocycles. The second kappa shape index (κ2) is 6.04. The number of aromatic nitrogens is 4. The molecule has 1 heterocycles. The van der Waals surface area contributed by atoms with Crippen LogP contribution in [0, 0.1) is 0 Å². The molecule has 3 aromatic rings. The number of hydrogen-bond donors (Lipinski definition) is 1. The van der Waals surface area contributed by atoms with E-state index in [1.165, 1.54) is 6.33 Å². The van der Waals surface area contributed by atoms with Crippen LogP contribution in [-0.2, 0) is 6.61 Å². The molecule has 7 heteroatoms. The third kappa shape index (κ3) is 3.09. The zero-order valence-corrected chi connectivity index (χ0v) is 11.6. The Kier molecular flexibility index (Phi) is 3.78. The molecule has 0 aliphatic carbocycles. The van der Waals surface area contributed by atoms with Crippen molar-refractivity contribution in [1.82, 2.24) is 20.2 Å². The zero-order chi connectivity index (χ0) is 15.4. The summed E-state index contributed by atoms with van der Waals surface area (Å²) in [5.74, 6) is 0.258. The van der Waals surface area contributed by atoms with Gasteiger partial charge in [-0.25, -0.2) is 4.68 Å². The number of amides is 1. The predicted molar refractivity (Wildman–Crippen MR) is 78.4 cm³/mol. The van der Waals surface area contributed by atoms with Gasteiger partial charge < -0.3 is 10.5 Å². The molecular formula is C15H13N5O2. The summed E-state index contributed by atoms with van der Waals surface area (Å²) in [6.07, 6.45) is 1.52. The lowest BCUT2D eigenvalue weighted by atomic mass is 10.1. The molecular weight excluding hydrogens is 282 g/mol. The van der Waals surface area contributed by atoms with Crippen LogP contribution in [-0.4, -0.2) is 26.1 Å². The van der Waals surface area contributed by atoms with Crippen LogP contribution >= 0.6 is 0 Å². The fourth-order valence-corrected chi connectivity index (χ4v) is 1.93. The van der Waals surface area contributed by atoms with E-state index in [0.29, 0.717) is 17.9 Å². The number of ether oxygens (including phenoxy) is 1. The quantitative estimate of drug-likeness (QED) is 0.766. The van der Waals surface area contributed by atoms with Gasteiger partial charge in [-0.15, -0.1) is 5.10 Å². The molecule has 22 heavy (non-hydrogen) atoms. The first-order valence-corrected chi connectivity index (χ1v) is 6.57. The van der Waals surface area contributed by atoms with Gasteiger partial charge in [0.2, 0.25) is 5.91 Å². The normalized spacial score (nSPS) is 10.4. The van der Waals surface area contributed by atoms with Gasteiger partial charge in [0.15, 0.2) is 0 Å². The van der Waals surface area contributed by atoms with Gasteiger partial charge in [-0.05, 0) is 40.3 Å². The largest absolute Gasteiger partial charge is 0.489 e. The van der Waals surface area contributed by atoms with Gasteiger partial charge in [-0.2, -0.15) is 0 Å². The van der Waals surface area contributed by atoms with Crippen LogP contribution in [0.25, 0.3) is 5.69 Å². The molecule has 0 aliphatic heterocycles. The van der Waals surface area contributed by atoms with Crippen molar-refractivity contribution in [1.29, 1.82) is 0 Å². The number of carbonyl (C=O) groups is 1. The Morgan fingerprint density at radius 3 is 2.68 bits per heavy atom. The van der Waals surface area contributed by atoms with Crippen molar-refractivity contribution in [2.75, 3.05) is 0 Å². The molecule has 0 spiro atoms. The van der Waals surface area contributed by atoms with Crippen molar-refractivity contribution in [2.24, 2.45) is 5.73 Å². The summed E-state index contributed by atoms with van der Waals surface area (Å²) in [5.41, 5.74) is 7.43. The molecule has 0 aliphatic rings. The SMILES string of the molecule is NC(=O)c1ccc(COc2cccc(-n3cnnn3)c2)cc1. The van der Waals surface area contributed by atoms with Crippen LogP contribution in [0.3, 0.4) is 0 Å². The first kappa shape index (κ1) is 13.7. The van der Waals surface area contributed by atoms with Gasteiger partial charge in [0.1, 0.15) is 18.7 Å². The van der Waals surface area contributed by atoms with E-state index in [0.717, 1.165) is 11.3 Å². The van der Waals surface area contributed by atoms with E-state index in [4.69, 9.17) is 10.5 Å². The van der Waals surface area contributed by atoms with E-state index in [1.807, 2.05) is 36.4 Å². The van der Waals surface area contributed by atoms with Crippen LogP contribution in [0.5, 0.6) is 5.75 Å². The summed E-state index contributed by atoms with van der Waals surface area (Å²) in [6, 6.07) is 14.4. The van der Waals surface area contributed by atoms with Gasteiger partial charge in [-0.3, -0.25) is 4.79 Å². The Balaban J connectivity index is 1.69. The van der Waals surface area contributed by atoms with Gasteiger partial charge in [0.25, 0.3) is 0 Å². The van der Waals surface area contributed by atoms with Crippen LogP contribution in [0.2, 0.25) is 0 Å². The van der Waals surface area contributed by atoms with Crippen LogP contribution < -0.4 is 10.5 Å². The molecule has 2 N–H and O–H groups in total. The molecule has 7 nitrogen and oxygen atoms in total. The van der Waals surface area contributed by atoms with E-state index >= 15 is 0 Å². The number of benzene rings is 2. The van der Waals surface area contributed by atoms with Crippen molar-refractivity contribution in [3.8, 4) is 11.4 Å². The summed E-state index contributed by atoms with van der Waals surface area (Å²) >= 11 is 0. The highest BCUT2D eigenvalue weighted by molar-refractivity contribution is 5.92. The maximum atomic E-state index is 11.0. The average molecular weight is 295 g/mol. The van der Waals surface area contributed by atoms with Crippen molar-refractivity contribution in [3.63, 3.8) is 0 Å². The second-order valence-electron chi connectivity index (χ2n) is 4.60. The minimum Gasteiger partial charge on any atom is -0.489 e. The van der Waals surface area contributed by atoms with Gasteiger partial charge in [-0.1, -0.05) is 18.2 Å². The molecule has 2 aromatic carbocycles. The Labute approximate surface area is 126 Å². The van der Waals surface area contributed by atoms with Crippen LogP contribution in [0.4, 0.5) is 0 Å². The third-order valence-electron chi connectivity index (χ3n) is 3.08. The first-order chi connectivity index (χ1) is 10.7. The fourth-order valence-electron chi connectivity index (χ4n) is 1.93. The summed E-state index contributed by atoms with van der Waals surface area (Å²) in [7, 11) is 0. The molecule has 0 saturated heterocycles. The predicted octanol–water partition coefficient (Wildman–Crippen LogP) is 1.34. The highest BCUT2D eigenvalue weighted by Crippen LogP contribution is 2.17. The summed E-state index contributed by atoms with van der Waals surface area (Å²) in [6.45, 7) is 0.387. The van der Waals surface area contributed by atoms with E-state index < -0.39 is 5.91 Å².